The van der Waals surface area contributed by atoms with Crippen LogP contribution in [0.4, 0.5) is 0 Å². The largest absolute Gasteiger partial charge is 0.507 e. The van der Waals surface area contributed by atoms with Crippen LogP contribution in [0.5, 0.6) is 11.5 Å². The van der Waals surface area contributed by atoms with Gasteiger partial charge in [0.05, 0.1) is 13.2 Å². The van der Waals surface area contributed by atoms with Gasteiger partial charge < -0.3 is 14.6 Å². The Hall–Kier alpha value is -1.26. The van der Waals surface area contributed by atoms with Crippen molar-refractivity contribution in [1.29, 1.82) is 0 Å². The van der Waals surface area contributed by atoms with Gasteiger partial charge in [0.1, 0.15) is 11.5 Å². The molecule has 0 fully saturated rings. The molecule has 1 aromatic rings. The molecule has 20 heavy (non-hydrogen) atoms. The molecule has 0 radical (unpaired) electrons. The Morgan fingerprint density at radius 2 is 1.95 bits per heavy atom. The van der Waals surface area contributed by atoms with Gasteiger partial charge >= 0.3 is 0 Å². The fraction of sp³-hybridized carbons (Fsp3) is 0.625. The van der Waals surface area contributed by atoms with E-state index in [1.165, 1.54) is 0 Å². The standard InChI is InChI=1S/C16H27NO3/c1-4-10-20-15-8-7-14(16(18)12-15)13-17(5-2)9-11-19-6-3/h7-8,12,18H,4-6,9-11,13H2,1-3H3. The Morgan fingerprint density at radius 1 is 1.15 bits per heavy atom. The minimum atomic E-state index is 0.300. The summed E-state index contributed by atoms with van der Waals surface area (Å²) in [7, 11) is 0. The van der Waals surface area contributed by atoms with Gasteiger partial charge in [-0.2, -0.15) is 0 Å². The summed E-state index contributed by atoms with van der Waals surface area (Å²) in [5, 5.41) is 10.1. The summed E-state index contributed by atoms with van der Waals surface area (Å²) in [6.07, 6.45) is 0.962. The lowest BCUT2D eigenvalue weighted by Gasteiger charge is -2.21. The monoisotopic (exact) mass is 281 g/mol. The Bertz CT molecular complexity index is 382. The first-order valence-corrected chi connectivity index (χ1v) is 7.46. The molecule has 114 valence electrons. The third kappa shape index (κ3) is 5.80. The van der Waals surface area contributed by atoms with Gasteiger partial charge in [-0.3, -0.25) is 4.90 Å². The fourth-order valence-electron chi connectivity index (χ4n) is 1.91. The number of ether oxygens (including phenoxy) is 2. The molecule has 0 aliphatic rings. The van der Waals surface area contributed by atoms with Gasteiger partial charge in [-0.1, -0.05) is 19.9 Å². The van der Waals surface area contributed by atoms with Crippen molar-refractivity contribution in [2.75, 3.05) is 32.9 Å². The quantitative estimate of drug-likeness (QED) is 0.669. The van der Waals surface area contributed by atoms with Crippen LogP contribution in [0.25, 0.3) is 0 Å². The van der Waals surface area contributed by atoms with Crippen LogP contribution in [0, 0.1) is 0 Å². The highest BCUT2D eigenvalue weighted by Gasteiger charge is 2.08. The lowest BCUT2D eigenvalue weighted by atomic mass is 10.1. The average molecular weight is 281 g/mol. The highest BCUT2D eigenvalue weighted by molar-refractivity contribution is 5.39. The van der Waals surface area contributed by atoms with E-state index in [1.807, 2.05) is 19.1 Å². The van der Waals surface area contributed by atoms with Crippen molar-refractivity contribution in [2.45, 2.75) is 33.7 Å². The van der Waals surface area contributed by atoms with Crippen LogP contribution in [0.1, 0.15) is 32.8 Å². The molecule has 4 heteroatoms. The van der Waals surface area contributed by atoms with E-state index in [1.54, 1.807) is 6.07 Å². The SMILES string of the molecule is CCCOc1ccc(CN(CC)CCOCC)c(O)c1. The zero-order chi connectivity index (χ0) is 14.8. The van der Waals surface area contributed by atoms with Gasteiger partial charge in [-0.05, 0) is 26.0 Å². The molecule has 0 saturated heterocycles. The van der Waals surface area contributed by atoms with Crippen molar-refractivity contribution in [1.82, 2.24) is 4.90 Å². The lowest BCUT2D eigenvalue weighted by molar-refractivity contribution is 0.112. The number of nitrogens with zero attached hydrogens (tertiary/aromatic N) is 1. The van der Waals surface area contributed by atoms with E-state index < -0.39 is 0 Å². The molecule has 0 unspecified atom stereocenters. The van der Waals surface area contributed by atoms with E-state index in [0.29, 0.717) is 12.4 Å². The summed E-state index contributed by atoms with van der Waals surface area (Å²) < 4.78 is 10.9. The van der Waals surface area contributed by atoms with Crippen LogP contribution in [0.15, 0.2) is 18.2 Å². The second-order valence-corrected chi connectivity index (χ2v) is 4.70. The molecule has 1 rings (SSSR count). The average Bonchev–Trinajstić information content (AvgIpc) is 2.46. The summed E-state index contributed by atoms with van der Waals surface area (Å²) in [6, 6.07) is 5.55. The third-order valence-corrected chi connectivity index (χ3v) is 3.13. The van der Waals surface area contributed by atoms with Gasteiger partial charge in [-0.15, -0.1) is 0 Å². The third-order valence-electron chi connectivity index (χ3n) is 3.13. The second kappa shape index (κ2) is 9.61. The summed E-state index contributed by atoms with van der Waals surface area (Å²) >= 11 is 0. The van der Waals surface area contributed by atoms with Gasteiger partial charge in [-0.25, -0.2) is 0 Å². The maximum atomic E-state index is 10.1. The Labute approximate surface area is 122 Å². The Kier molecular flexibility index (Phi) is 8.07. The van der Waals surface area contributed by atoms with Gasteiger partial charge in [0.2, 0.25) is 0 Å². The first-order valence-electron chi connectivity index (χ1n) is 7.46. The molecule has 4 nitrogen and oxygen atoms in total. The molecule has 0 bridgehead atoms. The van der Waals surface area contributed by atoms with Crippen molar-refractivity contribution in [3.63, 3.8) is 0 Å². The number of hydrogen-bond donors (Lipinski definition) is 1. The molecule has 0 aromatic heterocycles. The minimum absolute atomic E-state index is 0.300. The second-order valence-electron chi connectivity index (χ2n) is 4.70. The van der Waals surface area contributed by atoms with E-state index in [-0.39, 0.29) is 0 Å². The summed E-state index contributed by atoms with van der Waals surface area (Å²) in [6.45, 7) is 10.8. The predicted octanol–water partition coefficient (Wildman–Crippen LogP) is 3.04. The van der Waals surface area contributed by atoms with E-state index in [0.717, 1.165) is 50.6 Å². The van der Waals surface area contributed by atoms with Crippen molar-refractivity contribution >= 4 is 0 Å². The van der Waals surface area contributed by atoms with E-state index in [4.69, 9.17) is 9.47 Å². The maximum Gasteiger partial charge on any atom is 0.123 e. The summed E-state index contributed by atoms with van der Waals surface area (Å²) in [5.41, 5.74) is 0.923. The highest BCUT2D eigenvalue weighted by atomic mass is 16.5. The number of benzene rings is 1. The van der Waals surface area contributed by atoms with Crippen LogP contribution in [0.3, 0.4) is 0 Å². The van der Waals surface area contributed by atoms with Crippen molar-refractivity contribution < 1.29 is 14.6 Å². The van der Waals surface area contributed by atoms with Crippen LogP contribution < -0.4 is 4.74 Å². The summed E-state index contributed by atoms with van der Waals surface area (Å²) in [4.78, 5) is 2.25. The first-order chi connectivity index (χ1) is 9.71. The predicted molar refractivity (Wildman–Crippen MR) is 81.3 cm³/mol. The molecular formula is C16H27NO3. The molecule has 0 aliphatic heterocycles. The van der Waals surface area contributed by atoms with Crippen LogP contribution >= 0.6 is 0 Å². The lowest BCUT2D eigenvalue weighted by Crippen LogP contribution is -2.27. The van der Waals surface area contributed by atoms with Gasteiger partial charge in [0.25, 0.3) is 0 Å². The zero-order valence-corrected chi connectivity index (χ0v) is 12.9. The van der Waals surface area contributed by atoms with Crippen molar-refractivity contribution in [2.24, 2.45) is 0 Å². The number of hydrogen-bond acceptors (Lipinski definition) is 4. The molecular weight excluding hydrogens is 254 g/mol. The smallest absolute Gasteiger partial charge is 0.123 e. The number of likely N-dealkylation sites (N-methyl/N-ethyl adjacent to an activating group) is 1. The molecule has 0 atom stereocenters. The van der Waals surface area contributed by atoms with Crippen LogP contribution in [-0.2, 0) is 11.3 Å². The van der Waals surface area contributed by atoms with E-state index in [9.17, 15) is 5.11 Å². The van der Waals surface area contributed by atoms with Gasteiger partial charge in [0, 0.05) is 31.3 Å². The topological polar surface area (TPSA) is 41.9 Å². The Morgan fingerprint density at radius 3 is 2.55 bits per heavy atom. The molecule has 0 spiro atoms. The molecule has 0 aliphatic carbocycles. The highest BCUT2D eigenvalue weighted by Crippen LogP contribution is 2.24. The van der Waals surface area contributed by atoms with Crippen molar-refractivity contribution in [3.8, 4) is 11.5 Å². The maximum absolute atomic E-state index is 10.1. The minimum Gasteiger partial charge on any atom is -0.507 e. The van der Waals surface area contributed by atoms with E-state index in [2.05, 4.69) is 18.7 Å². The van der Waals surface area contributed by atoms with Crippen LogP contribution in [0.2, 0.25) is 0 Å². The summed E-state index contributed by atoms with van der Waals surface area (Å²) in [5.74, 6) is 1.03. The molecule has 0 saturated carbocycles. The van der Waals surface area contributed by atoms with E-state index >= 15 is 0 Å². The number of aromatic hydroxyl groups is 1. The Balaban J connectivity index is 2.56. The molecule has 0 amide bonds. The van der Waals surface area contributed by atoms with Gasteiger partial charge in [0.15, 0.2) is 0 Å². The fourth-order valence-corrected chi connectivity index (χ4v) is 1.91. The normalized spacial score (nSPS) is 11.0. The van der Waals surface area contributed by atoms with Crippen LogP contribution in [-0.4, -0.2) is 42.9 Å². The molecule has 0 heterocycles. The zero-order valence-electron chi connectivity index (χ0n) is 12.9. The number of phenolic OH excluding ortho intramolecular Hbond substituents is 1. The number of phenols is 1. The van der Waals surface area contributed by atoms with Crippen molar-refractivity contribution in [3.05, 3.63) is 23.8 Å². The number of rotatable bonds is 10. The first kappa shape index (κ1) is 16.8. The molecule has 1 aromatic carbocycles. The molecule has 1 N–H and O–H groups in total.